The Morgan fingerprint density at radius 1 is 1.50 bits per heavy atom. The van der Waals surface area contributed by atoms with Gasteiger partial charge in [-0.25, -0.2) is 0 Å². The zero-order valence-corrected chi connectivity index (χ0v) is 10.2. The minimum Gasteiger partial charge on any atom is -0.370 e. The monoisotopic (exact) mass is 219 g/mol. The van der Waals surface area contributed by atoms with Crippen molar-refractivity contribution >= 4 is 5.69 Å². The van der Waals surface area contributed by atoms with E-state index in [-0.39, 0.29) is 0 Å². The van der Waals surface area contributed by atoms with Crippen LogP contribution in [0, 0.1) is 0 Å². The van der Waals surface area contributed by atoms with Crippen molar-refractivity contribution in [1.82, 2.24) is 10.3 Å². The lowest BCUT2D eigenvalue weighted by Gasteiger charge is -2.21. The maximum atomic E-state index is 4.24. The lowest BCUT2D eigenvalue weighted by molar-refractivity contribution is 0.673. The molecule has 3 heteroatoms. The van der Waals surface area contributed by atoms with E-state index in [1.807, 2.05) is 12.4 Å². The Morgan fingerprint density at radius 3 is 3.00 bits per heavy atom. The van der Waals surface area contributed by atoms with Crippen LogP contribution in [0.4, 0.5) is 5.69 Å². The average molecular weight is 219 g/mol. The number of aromatic nitrogens is 1. The molecule has 1 aliphatic carbocycles. The molecule has 0 radical (unpaired) electrons. The standard InChI is InChI=1S/C13H21N3/c1-3-7-14-9-11-6-8-15-10-13(11)16(2)12-4-5-12/h6,8,10,12,14H,3-5,7,9H2,1-2H3. The Labute approximate surface area is 97.9 Å². The van der Waals surface area contributed by atoms with Crippen molar-refractivity contribution in [2.75, 3.05) is 18.5 Å². The van der Waals surface area contributed by atoms with Crippen LogP contribution in [-0.2, 0) is 6.54 Å². The lowest BCUT2D eigenvalue weighted by Crippen LogP contribution is -2.23. The topological polar surface area (TPSA) is 28.2 Å². The first-order valence-electron chi connectivity index (χ1n) is 6.19. The van der Waals surface area contributed by atoms with Crippen molar-refractivity contribution < 1.29 is 0 Å². The van der Waals surface area contributed by atoms with Gasteiger partial charge in [-0.2, -0.15) is 0 Å². The molecule has 88 valence electrons. The molecule has 0 saturated heterocycles. The van der Waals surface area contributed by atoms with E-state index in [1.54, 1.807) is 0 Å². The maximum Gasteiger partial charge on any atom is 0.0598 e. The molecule has 0 aromatic carbocycles. The Kier molecular flexibility index (Phi) is 3.78. The quantitative estimate of drug-likeness (QED) is 0.743. The van der Waals surface area contributed by atoms with Crippen LogP contribution in [0.1, 0.15) is 31.7 Å². The van der Waals surface area contributed by atoms with Crippen molar-refractivity contribution in [3.63, 3.8) is 0 Å². The summed E-state index contributed by atoms with van der Waals surface area (Å²) in [6.07, 6.45) is 7.70. The minimum atomic E-state index is 0.745. The van der Waals surface area contributed by atoms with E-state index in [0.717, 1.165) is 19.1 Å². The first kappa shape index (κ1) is 11.4. The molecule has 1 N–H and O–H groups in total. The van der Waals surface area contributed by atoms with E-state index in [9.17, 15) is 0 Å². The highest BCUT2D eigenvalue weighted by atomic mass is 15.2. The van der Waals surface area contributed by atoms with Crippen LogP contribution in [0.2, 0.25) is 0 Å². The minimum absolute atomic E-state index is 0.745. The molecule has 1 aromatic heterocycles. The summed E-state index contributed by atoms with van der Waals surface area (Å²) in [7, 11) is 2.18. The second-order valence-corrected chi connectivity index (χ2v) is 4.52. The molecule has 0 unspecified atom stereocenters. The third-order valence-corrected chi connectivity index (χ3v) is 3.10. The second kappa shape index (κ2) is 5.30. The lowest BCUT2D eigenvalue weighted by atomic mass is 10.2. The molecule has 0 bridgehead atoms. The normalized spacial score (nSPS) is 15.1. The molecule has 16 heavy (non-hydrogen) atoms. The van der Waals surface area contributed by atoms with Gasteiger partial charge in [-0.05, 0) is 37.4 Å². The smallest absolute Gasteiger partial charge is 0.0598 e. The number of rotatable bonds is 6. The predicted molar refractivity (Wildman–Crippen MR) is 67.7 cm³/mol. The van der Waals surface area contributed by atoms with Gasteiger partial charge in [-0.15, -0.1) is 0 Å². The Balaban J connectivity index is 2.04. The highest BCUT2D eigenvalue weighted by molar-refractivity contribution is 5.52. The van der Waals surface area contributed by atoms with E-state index in [1.165, 1.54) is 30.5 Å². The van der Waals surface area contributed by atoms with Crippen LogP contribution in [0.15, 0.2) is 18.5 Å². The summed E-state index contributed by atoms with van der Waals surface area (Å²) >= 11 is 0. The van der Waals surface area contributed by atoms with E-state index in [2.05, 4.69) is 35.2 Å². The molecule has 3 nitrogen and oxygen atoms in total. The molecule has 1 aliphatic rings. The number of hydrogen-bond acceptors (Lipinski definition) is 3. The molecule has 0 spiro atoms. The third kappa shape index (κ3) is 2.73. The highest BCUT2D eigenvalue weighted by Gasteiger charge is 2.27. The van der Waals surface area contributed by atoms with Gasteiger partial charge in [0.2, 0.25) is 0 Å². The summed E-state index contributed by atoms with van der Waals surface area (Å²) in [5.41, 5.74) is 2.64. The van der Waals surface area contributed by atoms with Crippen molar-refractivity contribution in [2.45, 2.75) is 38.8 Å². The van der Waals surface area contributed by atoms with Crippen molar-refractivity contribution in [3.05, 3.63) is 24.0 Å². The molecule has 1 saturated carbocycles. The molecular weight excluding hydrogens is 198 g/mol. The fourth-order valence-corrected chi connectivity index (χ4v) is 1.94. The zero-order valence-electron chi connectivity index (χ0n) is 10.2. The van der Waals surface area contributed by atoms with Crippen molar-refractivity contribution in [2.24, 2.45) is 0 Å². The Hall–Kier alpha value is -1.09. The van der Waals surface area contributed by atoms with Crippen LogP contribution in [0.5, 0.6) is 0 Å². The van der Waals surface area contributed by atoms with Crippen LogP contribution in [0.3, 0.4) is 0 Å². The number of nitrogens with one attached hydrogen (secondary N) is 1. The second-order valence-electron chi connectivity index (χ2n) is 4.52. The summed E-state index contributed by atoms with van der Waals surface area (Å²) in [6.45, 7) is 4.22. The number of pyridine rings is 1. The summed E-state index contributed by atoms with van der Waals surface area (Å²) in [5, 5.41) is 3.45. The molecule has 0 amide bonds. The SMILES string of the molecule is CCCNCc1ccncc1N(C)C1CC1. The van der Waals surface area contributed by atoms with Gasteiger partial charge in [0.25, 0.3) is 0 Å². The van der Waals surface area contributed by atoms with Gasteiger partial charge in [0, 0.05) is 25.8 Å². The largest absolute Gasteiger partial charge is 0.370 e. The van der Waals surface area contributed by atoms with Crippen LogP contribution in [-0.4, -0.2) is 24.6 Å². The van der Waals surface area contributed by atoms with Crippen molar-refractivity contribution in [3.8, 4) is 0 Å². The van der Waals surface area contributed by atoms with Crippen LogP contribution >= 0.6 is 0 Å². The molecule has 1 fully saturated rings. The maximum absolute atomic E-state index is 4.24. The van der Waals surface area contributed by atoms with Gasteiger partial charge in [-0.3, -0.25) is 4.98 Å². The summed E-state index contributed by atoms with van der Waals surface area (Å²) in [4.78, 5) is 6.61. The van der Waals surface area contributed by atoms with Gasteiger partial charge in [-0.1, -0.05) is 6.92 Å². The molecular formula is C13H21N3. The Bertz CT molecular complexity index is 334. The molecule has 0 aliphatic heterocycles. The molecule has 1 aromatic rings. The fraction of sp³-hybridized carbons (Fsp3) is 0.615. The number of nitrogens with zero attached hydrogens (tertiary/aromatic N) is 2. The third-order valence-electron chi connectivity index (χ3n) is 3.10. The summed E-state index contributed by atoms with van der Waals surface area (Å²) in [5.74, 6) is 0. The van der Waals surface area contributed by atoms with Gasteiger partial charge in [0.15, 0.2) is 0 Å². The van der Waals surface area contributed by atoms with Crippen LogP contribution in [0.25, 0.3) is 0 Å². The van der Waals surface area contributed by atoms with Gasteiger partial charge in [0.05, 0.1) is 11.9 Å². The predicted octanol–water partition coefficient (Wildman–Crippen LogP) is 2.18. The summed E-state index contributed by atoms with van der Waals surface area (Å²) in [6, 6.07) is 2.87. The van der Waals surface area contributed by atoms with Gasteiger partial charge >= 0.3 is 0 Å². The zero-order chi connectivity index (χ0) is 11.4. The first-order chi connectivity index (χ1) is 7.83. The fourth-order valence-electron chi connectivity index (χ4n) is 1.94. The number of hydrogen-bond donors (Lipinski definition) is 1. The first-order valence-corrected chi connectivity index (χ1v) is 6.19. The highest BCUT2D eigenvalue weighted by Crippen LogP contribution is 2.31. The van der Waals surface area contributed by atoms with E-state index in [4.69, 9.17) is 0 Å². The van der Waals surface area contributed by atoms with Gasteiger partial charge < -0.3 is 10.2 Å². The van der Waals surface area contributed by atoms with E-state index < -0.39 is 0 Å². The van der Waals surface area contributed by atoms with E-state index in [0.29, 0.717) is 0 Å². The molecule has 2 rings (SSSR count). The van der Waals surface area contributed by atoms with E-state index >= 15 is 0 Å². The molecule has 0 atom stereocenters. The van der Waals surface area contributed by atoms with Crippen LogP contribution < -0.4 is 10.2 Å². The summed E-state index contributed by atoms with van der Waals surface area (Å²) < 4.78 is 0. The van der Waals surface area contributed by atoms with Gasteiger partial charge in [0.1, 0.15) is 0 Å². The molecule has 1 heterocycles. The van der Waals surface area contributed by atoms with Crippen molar-refractivity contribution in [1.29, 1.82) is 0 Å². The number of anilines is 1. The Morgan fingerprint density at radius 2 is 2.31 bits per heavy atom. The average Bonchev–Trinajstić information content (AvgIpc) is 3.13.